The van der Waals surface area contributed by atoms with Crippen molar-refractivity contribution in [3.05, 3.63) is 95.1 Å². The van der Waals surface area contributed by atoms with E-state index in [1.165, 1.54) is 30.5 Å². The average molecular weight is 627 g/mol. The van der Waals surface area contributed by atoms with Gasteiger partial charge < -0.3 is 24.8 Å². The van der Waals surface area contributed by atoms with Gasteiger partial charge in [-0.3, -0.25) is 15.1 Å². The van der Waals surface area contributed by atoms with Crippen molar-refractivity contribution in [2.24, 2.45) is 0 Å². The number of anilines is 1. The molecule has 2 fully saturated rings. The van der Waals surface area contributed by atoms with Crippen LogP contribution in [0.3, 0.4) is 0 Å². The lowest BCUT2D eigenvalue weighted by atomic mass is 9.88. The maximum absolute atomic E-state index is 14.9. The molecule has 3 heterocycles. The highest BCUT2D eigenvalue weighted by Crippen LogP contribution is 2.30. The number of alkyl carbamates (subject to hydrolysis) is 1. The van der Waals surface area contributed by atoms with E-state index in [4.69, 9.17) is 14.2 Å². The molecule has 240 valence electrons. The van der Waals surface area contributed by atoms with Crippen LogP contribution in [-0.2, 0) is 25.4 Å². The Balaban J connectivity index is 1.14. The Morgan fingerprint density at radius 3 is 2.36 bits per heavy atom. The minimum atomic E-state index is -0.702. The summed E-state index contributed by atoms with van der Waals surface area (Å²) in [4.78, 5) is 29.3. The Hall–Kier alpha value is -4.00. The molecule has 9 nitrogen and oxygen atoms in total. The van der Waals surface area contributed by atoms with Crippen LogP contribution in [0.2, 0.25) is 0 Å². The normalized spacial score (nSPS) is 21.4. The molecule has 3 N–H and O–H groups in total. The van der Waals surface area contributed by atoms with Crippen molar-refractivity contribution < 1.29 is 37.0 Å². The van der Waals surface area contributed by atoms with E-state index in [1.54, 1.807) is 24.3 Å². The summed E-state index contributed by atoms with van der Waals surface area (Å²) in [5.74, 6) is -2.27. The minimum absolute atomic E-state index is 0.0450. The van der Waals surface area contributed by atoms with E-state index in [2.05, 4.69) is 20.9 Å². The van der Waals surface area contributed by atoms with Crippen LogP contribution in [0.5, 0.6) is 0 Å². The molecule has 3 atom stereocenters. The number of nitrogens with zero attached hydrogens (tertiary/aromatic N) is 1. The van der Waals surface area contributed by atoms with Crippen molar-refractivity contribution in [3.8, 4) is 0 Å². The predicted octanol–water partition coefficient (Wildman–Crippen LogP) is 5.20. The number of amides is 2. The van der Waals surface area contributed by atoms with E-state index < -0.39 is 41.1 Å². The fraction of sp³-hybridized carbons (Fsp3) is 0.424. The summed E-state index contributed by atoms with van der Waals surface area (Å²) >= 11 is 0. The molecular weight excluding hydrogens is 589 g/mol. The van der Waals surface area contributed by atoms with Gasteiger partial charge in [0.25, 0.3) is 0 Å². The lowest BCUT2D eigenvalue weighted by Crippen LogP contribution is -2.50. The molecule has 2 aliphatic rings. The van der Waals surface area contributed by atoms with Crippen LogP contribution in [0.4, 0.5) is 23.7 Å². The van der Waals surface area contributed by atoms with Gasteiger partial charge in [0, 0.05) is 31.1 Å². The third-order valence-corrected chi connectivity index (χ3v) is 8.10. The smallest absolute Gasteiger partial charge is 0.409 e. The molecule has 2 aliphatic heterocycles. The largest absolute Gasteiger partial charge is 0.448 e. The van der Waals surface area contributed by atoms with Crippen molar-refractivity contribution in [1.82, 2.24) is 15.6 Å². The second kappa shape index (κ2) is 14.9. The molecular formula is C33H37F3N4O5. The van der Waals surface area contributed by atoms with Crippen LogP contribution in [0, 0.1) is 17.5 Å². The maximum Gasteiger partial charge on any atom is 0.409 e. The Labute approximate surface area is 259 Å². The molecule has 2 amide bonds. The number of rotatable bonds is 11. The molecule has 0 spiro atoms. The fourth-order valence-corrected chi connectivity index (χ4v) is 5.60. The van der Waals surface area contributed by atoms with Gasteiger partial charge in [-0.1, -0.05) is 24.3 Å². The number of nitrogens with one attached hydrogen (secondary N) is 3. The molecule has 2 aromatic carbocycles. The number of halogens is 3. The summed E-state index contributed by atoms with van der Waals surface area (Å²) in [6.45, 7) is 3.32. The number of carbonyl (C=O) groups excluding carboxylic acids is 2. The summed E-state index contributed by atoms with van der Waals surface area (Å²) in [6, 6.07) is 11.4. The number of benzene rings is 2. The lowest BCUT2D eigenvalue weighted by molar-refractivity contribution is -0.116. The number of morpholine rings is 1. The van der Waals surface area contributed by atoms with Gasteiger partial charge in [0.2, 0.25) is 5.91 Å². The van der Waals surface area contributed by atoms with Gasteiger partial charge in [0.1, 0.15) is 29.8 Å². The Bertz CT molecular complexity index is 1400. The molecule has 12 heteroatoms. The van der Waals surface area contributed by atoms with Crippen LogP contribution in [-0.4, -0.2) is 61.2 Å². The van der Waals surface area contributed by atoms with E-state index >= 15 is 0 Å². The number of carbonyl (C=O) groups is 2. The van der Waals surface area contributed by atoms with E-state index in [1.807, 2.05) is 6.92 Å². The quantitative estimate of drug-likeness (QED) is 0.268. The molecule has 2 saturated heterocycles. The molecule has 1 unspecified atom stereocenters. The molecule has 3 aromatic rings. The zero-order valence-corrected chi connectivity index (χ0v) is 25.0. The number of hydrogen-bond acceptors (Lipinski definition) is 7. The summed E-state index contributed by atoms with van der Waals surface area (Å²) in [7, 11) is 0. The third-order valence-electron chi connectivity index (χ3n) is 8.10. The molecule has 45 heavy (non-hydrogen) atoms. The summed E-state index contributed by atoms with van der Waals surface area (Å²) in [5, 5.41) is 8.83. The first-order valence-corrected chi connectivity index (χ1v) is 15.0. The number of ether oxygens (including phenoxy) is 3. The van der Waals surface area contributed by atoms with E-state index in [-0.39, 0.29) is 37.3 Å². The van der Waals surface area contributed by atoms with Crippen LogP contribution in [0.25, 0.3) is 0 Å². The van der Waals surface area contributed by atoms with Crippen molar-refractivity contribution in [2.75, 3.05) is 31.7 Å². The first-order valence-electron chi connectivity index (χ1n) is 15.0. The molecule has 0 bridgehead atoms. The SMILES string of the molecule is CC1(NC(=O)OC[C@@H]2CO[C@H](CCc3c(F)cncc3NC(=O)CC(c3ccc(F)cc3)c3ccc(F)cc3)CN2)CCCO1. The van der Waals surface area contributed by atoms with Crippen molar-refractivity contribution in [2.45, 2.75) is 62.8 Å². The van der Waals surface area contributed by atoms with Gasteiger partial charge in [0.15, 0.2) is 0 Å². The van der Waals surface area contributed by atoms with Crippen LogP contribution >= 0.6 is 0 Å². The highest BCUT2D eigenvalue weighted by atomic mass is 19.1. The molecule has 0 saturated carbocycles. The number of aromatic nitrogens is 1. The van der Waals surface area contributed by atoms with Crippen molar-refractivity contribution in [1.29, 1.82) is 0 Å². The summed E-state index contributed by atoms with van der Waals surface area (Å²) in [6.07, 6.45) is 4.03. The third kappa shape index (κ3) is 9.03. The van der Waals surface area contributed by atoms with Crippen molar-refractivity contribution in [3.63, 3.8) is 0 Å². The average Bonchev–Trinajstić information content (AvgIpc) is 3.45. The monoisotopic (exact) mass is 626 g/mol. The van der Waals surface area contributed by atoms with E-state index in [9.17, 15) is 22.8 Å². The van der Waals surface area contributed by atoms with Gasteiger partial charge in [-0.25, -0.2) is 18.0 Å². The van der Waals surface area contributed by atoms with Crippen LogP contribution in [0.1, 0.15) is 55.2 Å². The topological polar surface area (TPSA) is 111 Å². The fourth-order valence-electron chi connectivity index (χ4n) is 5.60. The van der Waals surface area contributed by atoms with Gasteiger partial charge in [-0.2, -0.15) is 0 Å². The highest BCUT2D eigenvalue weighted by molar-refractivity contribution is 5.92. The molecule has 0 aliphatic carbocycles. The summed E-state index contributed by atoms with van der Waals surface area (Å²) < 4.78 is 58.9. The molecule has 0 radical (unpaired) electrons. The standard InChI is InChI=1S/C33H37F3N4O5/c1-33(13-2-14-45-33)40-32(42)44-20-25-19-43-26(16-38-25)11-12-27-29(36)17-37-18-30(27)39-31(41)15-28(21-3-7-23(34)8-4-21)22-5-9-24(35)10-6-22/h3-10,17-18,25-26,28,38H,2,11-16,19-20H2,1H3,(H,39,41)(H,40,42)/t25-,26+,33?/m0/s1. The zero-order valence-electron chi connectivity index (χ0n) is 25.0. The predicted molar refractivity (Wildman–Crippen MR) is 160 cm³/mol. The van der Waals surface area contributed by atoms with Crippen LogP contribution < -0.4 is 16.0 Å². The van der Waals surface area contributed by atoms with Crippen molar-refractivity contribution >= 4 is 17.7 Å². The molecule has 1 aromatic heterocycles. The highest BCUT2D eigenvalue weighted by Gasteiger charge is 2.32. The first-order chi connectivity index (χ1) is 21.7. The first kappa shape index (κ1) is 32.4. The second-order valence-electron chi connectivity index (χ2n) is 11.6. The number of hydrogen-bond donors (Lipinski definition) is 3. The maximum atomic E-state index is 14.9. The van der Waals surface area contributed by atoms with Crippen LogP contribution in [0.15, 0.2) is 60.9 Å². The lowest BCUT2D eigenvalue weighted by Gasteiger charge is -2.31. The summed E-state index contributed by atoms with van der Waals surface area (Å²) in [5.41, 5.74) is 1.20. The second-order valence-corrected chi connectivity index (χ2v) is 11.6. The Morgan fingerprint density at radius 1 is 1.07 bits per heavy atom. The van der Waals surface area contributed by atoms with E-state index in [0.717, 1.165) is 19.0 Å². The Morgan fingerprint density at radius 2 is 1.76 bits per heavy atom. The Kier molecular flexibility index (Phi) is 10.7. The van der Waals surface area contributed by atoms with Gasteiger partial charge in [0.05, 0.1) is 36.8 Å². The minimum Gasteiger partial charge on any atom is -0.448 e. The van der Waals surface area contributed by atoms with Gasteiger partial charge >= 0.3 is 6.09 Å². The van der Waals surface area contributed by atoms with E-state index in [0.29, 0.717) is 42.9 Å². The molecule has 5 rings (SSSR count). The zero-order chi connectivity index (χ0) is 31.8. The van der Waals surface area contributed by atoms with Gasteiger partial charge in [-0.05, 0) is 68.0 Å². The number of pyridine rings is 1. The van der Waals surface area contributed by atoms with Gasteiger partial charge in [-0.15, -0.1) is 0 Å².